The first-order chi connectivity index (χ1) is 13.7. The third-order valence-corrected chi connectivity index (χ3v) is 4.53. The summed E-state index contributed by atoms with van der Waals surface area (Å²) in [7, 11) is 0. The van der Waals surface area contributed by atoms with E-state index in [4.69, 9.17) is 4.52 Å². The van der Waals surface area contributed by atoms with Crippen molar-refractivity contribution in [2.24, 2.45) is 0 Å². The van der Waals surface area contributed by atoms with Crippen LogP contribution in [-0.4, -0.2) is 16.0 Å². The van der Waals surface area contributed by atoms with Crippen LogP contribution >= 0.6 is 0 Å². The molecule has 5 nitrogen and oxygen atoms in total. The Kier molecular flexibility index (Phi) is 4.97. The van der Waals surface area contributed by atoms with Gasteiger partial charge in [0.15, 0.2) is 11.5 Å². The van der Waals surface area contributed by atoms with Crippen LogP contribution in [0, 0.1) is 6.92 Å². The SMILES string of the molecule is Cc1ccc(-c2cc(C(=O)NC(c3ccccc3)c3ccncc3)no2)cc1. The van der Waals surface area contributed by atoms with E-state index in [1.165, 1.54) is 0 Å². The van der Waals surface area contributed by atoms with E-state index in [0.717, 1.165) is 22.3 Å². The van der Waals surface area contributed by atoms with Crippen molar-refractivity contribution in [2.45, 2.75) is 13.0 Å². The highest BCUT2D eigenvalue weighted by atomic mass is 16.5. The first kappa shape index (κ1) is 17.7. The van der Waals surface area contributed by atoms with Crippen molar-refractivity contribution in [3.8, 4) is 11.3 Å². The fourth-order valence-corrected chi connectivity index (χ4v) is 3.00. The number of carbonyl (C=O) groups excluding carboxylic acids is 1. The zero-order valence-corrected chi connectivity index (χ0v) is 15.4. The molecule has 0 aliphatic heterocycles. The quantitative estimate of drug-likeness (QED) is 0.560. The molecule has 2 heterocycles. The predicted octanol–water partition coefficient (Wildman–Crippen LogP) is 4.56. The topological polar surface area (TPSA) is 68.0 Å². The molecule has 4 rings (SSSR count). The maximum atomic E-state index is 12.9. The molecule has 0 fully saturated rings. The number of amides is 1. The average molecular weight is 369 g/mol. The number of hydrogen-bond acceptors (Lipinski definition) is 4. The molecule has 4 aromatic rings. The maximum Gasteiger partial charge on any atom is 0.274 e. The molecule has 0 saturated heterocycles. The monoisotopic (exact) mass is 369 g/mol. The molecule has 0 radical (unpaired) electrons. The Morgan fingerprint density at radius 2 is 1.61 bits per heavy atom. The fraction of sp³-hybridized carbons (Fsp3) is 0.0870. The Balaban J connectivity index is 1.59. The lowest BCUT2D eigenvalue weighted by atomic mass is 9.99. The van der Waals surface area contributed by atoms with Gasteiger partial charge < -0.3 is 9.84 Å². The molecule has 2 aromatic heterocycles. The van der Waals surface area contributed by atoms with Crippen molar-refractivity contribution in [1.82, 2.24) is 15.5 Å². The fourth-order valence-electron chi connectivity index (χ4n) is 3.00. The highest BCUT2D eigenvalue weighted by Gasteiger charge is 2.20. The van der Waals surface area contributed by atoms with E-state index >= 15 is 0 Å². The molecule has 1 atom stereocenters. The van der Waals surface area contributed by atoms with Crippen LogP contribution in [-0.2, 0) is 0 Å². The third-order valence-electron chi connectivity index (χ3n) is 4.53. The molecule has 0 aliphatic carbocycles. The lowest BCUT2D eigenvalue weighted by molar-refractivity contribution is 0.0934. The number of pyridine rings is 1. The van der Waals surface area contributed by atoms with Crippen LogP contribution in [0.2, 0.25) is 0 Å². The minimum Gasteiger partial charge on any atom is -0.355 e. The third kappa shape index (κ3) is 3.83. The maximum absolute atomic E-state index is 12.9. The van der Waals surface area contributed by atoms with Crippen LogP contribution in [0.1, 0.15) is 33.2 Å². The summed E-state index contributed by atoms with van der Waals surface area (Å²) in [4.78, 5) is 16.9. The van der Waals surface area contributed by atoms with Gasteiger partial charge in [-0.05, 0) is 30.2 Å². The Bertz CT molecular complexity index is 1020. The first-order valence-corrected chi connectivity index (χ1v) is 9.00. The van der Waals surface area contributed by atoms with Gasteiger partial charge in [0.25, 0.3) is 5.91 Å². The van der Waals surface area contributed by atoms with Gasteiger partial charge in [-0.25, -0.2) is 0 Å². The molecule has 0 aliphatic rings. The second-order valence-electron chi connectivity index (χ2n) is 6.54. The Morgan fingerprint density at radius 1 is 0.929 bits per heavy atom. The summed E-state index contributed by atoms with van der Waals surface area (Å²) in [5.74, 6) is 0.262. The Labute approximate surface area is 163 Å². The van der Waals surface area contributed by atoms with E-state index in [1.54, 1.807) is 18.5 Å². The predicted molar refractivity (Wildman–Crippen MR) is 107 cm³/mol. The normalized spacial score (nSPS) is 11.8. The van der Waals surface area contributed by atoms with Crippen molar-refractivity contribution < 1.29 is 9.32 Å². The smallest absolute Gasteiger partial charge is 0.274 e. The standard InChI is InChI=1S/C23H19N3O2/c1-16-7-9-17(10-8-16)21-15-20(26-28-21)23(27)25-22(18-5-3-2-4-6-18)19-11-13-24-14-12-19/h2-15,22H,1H3,(H,25,27). The highest BCUT2D eigenvalue weighted by molar-refractivity contribution is 5.93. The minimum atomic E-state index is -0.309. The number of aromatic nitrogens is 2. The van der Waals surface area contributed by atoms with Gasteiger partial charge >= 0.3 is 0 Å². The summed E-state index contributed by atoms with van der Waals surface area (Å²) < 4.78 is 5.38. The van der Waals surface area contributed by atoms with E-state index in [0.29, 0.717) is 5.76 Å². The minimum absolute atomic E-state index is 0.241. The molecule has 1 amide bonds. The van der Waals surface area contributed by atoms with Crippen LogP contribution in [0.5, 0.6) is 0 Å². The highest BCUT2D eigenvalue weighted by Crippen LogP contribution is 2.24. The van der Waals surface area contributed by atoms with Gasteiger partial charge in [-0.15, -0.1) is 0 Å². The van der Waals surface area contributed by atoms with Gasteiger partial charge in [0, 0.05) is 24.0 Å². The lowest BCUT2D eigenvalue weighted by Gasteiger charge is -2.19. The summed E-state index contributed by atoms with van der Waals surface area (Å²) in [6.45, 7) is 2.02. The molecular formula is C23H19N3O2. The largest absolute Gasteiger partial charge is 0.355 e. The number of aryl methyl sites for hydroxylation is 1. The van der Waals surface area contributed by atoms with E-state index in [-0.39, 0.29) is 17.6 Å². The van der Waals surface area contributed by atoms with Crippen LogP contribution in [0.3, 0.4) is 0 Å². The summed E-state index contributed by atoms with van der Waals surface area (Å²) >= 11 is 0. The van der Waals surface area contributed by atoms with Gasteiger partial charge in [-0.2, -0.15) is 0 Å². The molecule has 28 heavy (non-hydrogen) atoms. The molecular weight excluding hydrogens is 350 g/mol. The van der Waals surface area contributed by atoms with Gasteiger partial charge in [0.05, 0.1) is 6.04 Å². The number of hydrogen-bond donors (Lipinski definition) is 1. The van der Waals surface area contributed by atoms with Crippen molar-refractivity contribution in [3.05, 3.63) is 108 Å². The second-order valence-corrected chi connectivity index (χ2v) is 6.54. The number of nitrogens with zero attached hydrogens (tertiary/aromatic N) is 2. The zero-order valence-electron chi connectivity index (χ0n) is 15.4. The molecule has 1 unspecified atom stereocenters. The van der Waals surface area contributed by atoms with Crippen LogP contribution in [0.4, 0.5) is 0 Å². The van der Waals surface area contributed by atoms with Crippen molar-refractivity contribution in [1.29, 1.82) is 0 Å². The van der Waals surface area contributed by atoms with E-state index in [9.17, 15) is 4.79 Å². The first-order valence-electron chi connectivity index (χ1n) is 9.00. The van der Waals surface area contributed by atoms with Gasteiger partial charge in [0.2, 0.25) is 0 Å². The van der Waals surface area contributed by atoms with Crippen LogP contribution in [0.15, 0.2) is 89.7 Å². The van der Waals surface area contributed by atoms with Crippen LogP contribution in [0.25, 0.3) is 11.3 Å². The summed E-state index contributed by atoms with van der Waals surface area (Å²) in [6.07, 6.45) is 3.42. The number of benzene rings is 2. The number of rotatable bonds is 5. The summed E-state index contributed by atoms with van der Waals surface area (Å²) in [5, 5.41) is 7.01. The average Bonchev–Trinajstić information content (AvgIpc) is 3.24. The second kappa shape index (κ2) is 7.88. The Morgan fingerprint density at radius 3 is 2.32 bits per heavy atom. The zero-order chi connectivity index (χ0) is 19.3. The van der Waals surface area contributed by atoms with Gasteiger partial charge in [0.1, 0.15) is 0 Å². The lowest BCUT2D eigenvalue weighted by Crippen LogP contribution is -2.29. The van der Waals surface area contributed by atoms with Gasteiger partial charge in [-0.1, -0.05) is 65.3 Å². The van der Waals surface area contributed by atoms with Crippen molar-refractivity contribution in [3.63, 3.8) is 0 Å². The molecule has 0 spiro atoms. The molecule has 0 saturated carbocycles. The van der Waals surface area contributed by atoms with Crippen molar-refractivity contribution >= 4 is 5.91 Å². The number of nitrogens with one attached hydrogen (secondary N) is 1. The molecule has 5 heteroatoms. The number of carbonyl (C=O) groups is 1. The van der Waals surface area contributed by atoms with E-state index in [2.05, 4.69) is 15.5 Å². The molecule has 2 aromatic carbocycles. The molecule has 0 bridgehead atoms. The molecule has 138 valence electrons. The van der Waals surface area contributed by atoms with Crippen LogP contribution < -0.4 is 5.32 Å². The summed E-state index contributed by atoms with van der Waals surface area (Å²) in [5.41, 5.74) is 4.20. The van der Waals surface area contributed by atoms with Crippen molar-refractivity contribution in [2.75, 3.05) is 0 Å². The van der Waals surface area contributed by atoms with Gasteiger partial charge in [-0.3, -0.25) is 9.78 Å². The Hall–Kier alpha value is -3.73. The summed E-state index contributed by atoms with van der Waals surface area (Å²) in [6, 6.07) is 22.8. The van der Waals surface area contributed by atoms with E-state index in [1.807, 2.05) is 73.7 Å². The molecule has 1 N–H and O–H groups in total. The van der Waals surface area contributed by atoms with E-state index < -0.39 is 0 Å².